The maximum absolute atomic E-state index is 13.7. The number of rotatable bonds is 4. The van der Waals surface area contributed by atoms with Crippen LogP contribution in [0.5, 0.6) is 0 Å². The van der Waals surface area contributed by atoms with Crippen molar-refractivity contribution in [3.05, 3.63) is 58.4 Å². The Morgan fingerprint density at radius 1 is 1.42 bits per heavy atom. The average molecular weight is 279 g/mol. The van der Waals surface area contributed by atoms with Crippen molar-refractivity contribution in [3.8, 4) is 0 Å². The number of nitro benzene ring substituents is 1. The summed E-state index contributed by atoms with van der Waals surface area (Å²) < 4.78 is 13.7. The molecule has 0 fully saturated rings. The summed E-state index contributed by atoms with van der Waals surface area (Å²) in [5.74, 6) is -0.602. The Balaban J connectivity index is 2.18. The average Bonchev–Trinajstić information content (AvgIpc) is 2.41. The summed E-state index contributed by atoms with van der Waals surface area (Å²) in [4.78, 5) is 18.3. The summed E-state index contributed by atoms with van der Waals surface area (Å²) in [6, 6.07) is 3.62. The van der Waals surface area contributed by atoms with Gasteiger partial charge in [-0.1, -0.05) is 0 Å². The molecule has 0 N–H and O–H groups in total. The highest BCUT2D eigenvalue weighted by atomic mass is 32.2. The van der Waals surface area contributed by atoms with Crippen molar-refractivity contribution in [1.82, 2.24) is 9.97 Å². The van der Waals surface area contributed by atoms with Crippen molar-refractivity contribution >= 4 is 17.4 Å². The smallest absolute Gasteiger partial charge is 0.261 e. The lowest BCUT2D eigenvalue weighted by atomic mass is 10.3. The lowest BCUT2D eigenvalue weighted by Gasteiger charge is -2.10. The number of hydrogen-bond acceptors (Lipinski definition) is 5. The number of halogens is 1. The van der Waals surface area contributed by atoms with Crippen LogP contribution in [0.15, 0.2) is 41.7 Å². The minimum atomic E-state index is -0.621. The second-order valence-electron chi connectivity index (χ2n) is 3.76. The molecule has 0 aliphatic carbocycles. The predicted octanol–water partition coefficient (Wildman–Crippen LogP) is 3.38. The van der Waals surface area contributed by atoms with Gasteiger partial charge in [0.1, 0.15) is 5.82 Å². The van der Waals surface area contributed by atoms with Gasteiger partial charge >= 0.3 is 0 Å². The van der Waals surface area contributed by atoms with Crippen LogP contribution in [0.2, 0.25) is 0 Å². The molecule has 1 heterocycles. The number of hydrogen-bond donors (Lipinski definition) is 0. The number of nitro groups is 1. The minimum Gasteiger partial charge on any atom is -0.261 e. The van der Waals surface area contributed by atoms with E-state index in [0.29, 0.717) is 4.90 Å². The molecule has 1 atom stereocenters. The van der Waals surface area contributed by atoms with Crippen LogP contribution < -0.4 is 0 Å². The van der Waals surface area contributed by atoms with E-state index in [1.165, 1.54) is 23.9 Å². The standard InChI is InChI=1S/C12H10FN3O2S/c1-8(11-7-14-4-5-15-11)19-12-3-2-9(16(17)18)6-10(12)13/h2-8H,1H3/t8-/m1/s1. The van der Waals surface area contributed by atoms with E-state index in [2.05, 4.69) is 9.97 Å². The van der Waals surface area contributed by atoms with Crippen LogP contribution in [0.25, 0.3) is 0 Å². The first-order valence-corrected chi connectivity index (χ1v) is 6.32. The van der Waals surface area contributed by atoms with Gasteiger partial charge in [-0.3, -0.25) is 20.1 Å². The molecule has 2 rings (SSSR count). The van der Waals surface area contributed by atoms with Crippen LogP contribution in [0.4, 0.5) is 10.1 Å². The summed E-state index contributed by atoms with van der Waals surface area (Å²) >= 11 is 1.24. The summed E-state index contributed by atoms with van der Waals surface area (Å²) in [5, 5.41) is 10.4. The molecule has 0 bridgehead atoms. The van der Waals surface area contributed by atoms with E-state index < -0.39 is 10.7 Å². The van der Waals surface area contributed by atoms with Gasteiger partial charge in [0.2, 0.25) is 0 Å². The molecule has 1 aromatic carbocycles. The Morgan fingerprint density at radius 3 is 2.79 bits per heavy atom. The molecule has 0 spiro atoms. The van der Waals surface area contributed by atoms with E-state index in [0.717, 1.165) is 11.8 Å². The fourth-order valence-electron chi connectivity index (χ4n) is 1.47. The number of nitrogens with zero attached hydrogens (tertiary/aromatic N) is 3. The Hall–Kier alpha value is -2.02. The summed E-state index contributed by atoms with van der Waals surface area (Å²) in [6.07, 6.45) is 4.74. The van der Waals surface area contributed by atoms with Gasteiger partial charge in [-0.25, -0.2) is 4.39 Å². The molecule has 0 aliphatic heterocycles. The first kappa shape index (κ1) is 13.4. The highest BCUT2D eigenvalue weighted by Crippen LogP contribution is 2.35. The van der Waals surface area contributed by atoms with Crippen LogP contribution >= 0.6 is 11.8 Å². The second-order valence-corrected chi connectivity index (χ2v) is 5.14. The Kier molecular flexibility index (Phi) is 4.06. The first-order valence-electron chi connectivity index (χ1n) is 5.44. The van der Waals surface area contributed by atoms with Crippen molar-refractivity contribution in [3.63, 3.8) is 0 Å². The monoisotopic (exact) mass is 279 g/mol. The molecule has 0 unspecified atom stereocenters. The lowest BCUT2D eigenvalue weighted by molar-refractivity contribution is -0.385. The Bertz CT molecular complexity index is 595. The maximum Gasteiger partial charge on any atom is 0.272 e. The summed E-state index contributed by atoms with van der Waals surface area (Å²) in [6.45, 7) is 1.87. The quantitative estimate of drug-likeness (QED) is 0.487. The van der Waals surface area contributed by atoms with Gasteiger partial charge < -0.3 is 0 Å². The molecule has 19 heavy (non-hydrogen) atoms. The Labute approximate surface area is 113 Å². The molecular formula is C12H10FN3O2S. The van der Waals surface area contributed by atoms with Gasteiger partial charge in [-0.2, -0.15) is 0 Å². The molecule has 1 aromatic heterocycles. The second kappa shape index (κ2) is 5.75. The van der Waals surface area contributed by atoms with E-state index in [9.17, 15) is 14.5 Å². The van der Waals surface area contributed by atoms with Gasteiger partial charge in [0.05, 0.1) is 21.9 Å². The minimum absolute atomic E-state index is 0.0929. The lowest BCUT2D eigenvalue weighted by Crippen LogP contribution is -1.95. The maximum atomic E-state index is 13.7. The molecule has 0 aliphatic rings. The number of thioether (sulfide) groups is 1. The van der Waals surface area contributed by atoms with E-state index in [1.807, 2.05) is 6.92 Å². The Morgan fingerprint density at radius 2 is 2.21 bits per heavy atom. The molecule has 5 nitrogen and oxygen atoms in total. The molecule has 2 aromatic rings. The zero-order valence-corrected chi connectivity index (χ0v) is 10.8. The van der Waals surface area contributed by atoms with Crippen molar-refractivity contribution < 1.29 is 9.31 Å². The van der Waals surface area contributed by atoms with Gasteiger partial charge in [0.25, 0.3) is 5.69 Å². The molecule has 0 saturated heterocycles. The van der Waals surface area contributed by atoms with E-state index >= 15 is 0 Å². The fourth-order valence-corrected chi connectivity index (χ4v) is 2.41. The van der Waals surface area contributed by atoms with Crippen molar-refractivity contribution in [2.24, 2.45) is 0 Å². The zero-order chi connectivity index (χ0) is 13.8. The topological polar surface area (TPSA) is 68.9 Å². The van der Waals surface area contributed by atoms with Crippen LogP contribution in [-0.2, 0) is 0 Å². The van der Waals surface area contributed by atoms with Gasteiger partial charge in [0, 0.05) is 29.6 Å². The number of non-ortho nitro benzene ring substituents is 1. The van der Waals surface area contributed by atoms with Gasteiger partial charge in [-0.15, -0.1) is 11.8 Å². The molecular weight excluding hydrogens is 269 g/mol. The zero-order valence-electron chi connectivity index (χ0n) is 9.99. The first-order chi connectivity index (χ1) is 9.08. The normalized spacial score (nSPS) is 12.1. The molecule has 0 amide bonds. The number of benzene rings is 1. The van der Waals surface area contributed by atoms with E-state index in [4.69, 9.17) is 0 Å². The van der Waals surface area contributed by atoms with Crippen molar-refractivity contribution in [2.75, 3.05) is 0 Å². The third-order valence-corrected chi connectivity index (χ3v) is 3.61. The number of aromatic nitrogens is 2. The van der Waals surface area contributed by atoms with E-state index in [-0.39, 0.29) is 10.9 Å². The largest absolute Gasteiger partial charge is 0.272 e. The van der Waals surface area contributed by atoms with Crippen molar-refractivity contribution in [1.29, 1.82) is 0 Å². The third kappa shape index (κ3) is 3.25. The van der Waals surface area contributed by atoms with Crippen LogP contribution in [0.3, 0.4) is 0 Å². The van der Waals surface area contributed by atoms with Crippen LogP contribution in [-0.4, -0.2) is 14.9 Å². The van der Waals surface area contributed by atoms with Crippen LogP contribution in [0, 0.1) is 15.9 Å². The van der Waals surface area contributed by atoms with Crippen molar-refractivity contribution in [2.45, 2.75) is 17.1 Å². The molecule has 0 saturated carbocycles. The highest BCUT2D eigenvalue weighted by Gasteiger charge is 2.15. The van der Waals surface area contributed by atoms with Crippen LogP contribution in [0.1, 0.15) is 17.9 Å². The summed E-state index contributed by atoms with van der Waals surface area (Å²) in [5.41, 5.74) is 0.472. The van der Waals surface area contributed by atoms with Gasteiger partial charge in [0.15, 0.2) is 0 Å². The van der Waals surface area contributed by atoms with E-state index in [1.54, 1.807) is 18.6 Å². The summed E-state index contributed by atoms with van der Waals surface area (Å²) in [7, 11) is 0. The molecule has 7 heteroatoms. The predicted molar refractivity (Wildman–Crippen MR) is 69.4 cm³/mol. The SMILES string of the molecule is C[C@@H](Sc1ccc([N+](=O)[O-])cc1F)c1cnccn1. The molecule has 98 valence electrons. The van der Waals surface area contributed by atoms with Gasteiger partial charge in [-0.05, 0) is 13.0 Å². The third-order valence-electron chi connectivity index (χ3n) is 2.43. The highest BCUT2D eigenvalue weighted by molar-refractivity contribution is 7.99. The fraction of sp³-hybridized carbons (Fsp3) is 0.167. The molecule has 0 radical (unpaired) electrons.